The van der Waals surface area contributed by atoms with E-state index in [0.29, 0.717) is 30.6 Å². The van der Waals surface area contributed by atoms with Crippen molar-refractivity contribution < 1.29 is 9.59 Å². The third-order valence-corrected chi connectivity index (χ3v) is 4.35. The van der Waals surface area contributed by atoms with Crippen molar-refractivity contribution >= 4 is 11.8 Å². The van der Waals surface area contributed by atoms with E-state index in [1.165, 1.54) is 0 Å². The van der Waals surface area contributed by atoms with Gasteiger partial charge < -0.3 is 10.2 Å². The van der Waals surface area contributed by atoms with Crippen LogP contribution in [0.2, 0.25) is 0 Å². The molecule has 0 radical (unpaired) electrons. The van der Waals surface area contributed by atoms with Gasteiger partial charge in [0.2, 0.25) is 5.91 Å². The molecule has 1 atom stereocenters. The van der Waals surface area contributed by atoms with Gasteiger partial charge in [-0.2, -0.15) is 5.26 Å². The van der Waals surface area contributed by atoms with Crippen LogP contribution >= 0.6 is 0 Å². The summed E-state index contributed by atoms with van der Waals surface area (Å²) in [6.45, 7) is 3.00. The fourth-order valence-electron chi connectivity index (χ4n) is 2.94. The van der Waals surface area contributed by atoms with Gasteiger partial charge in [-0.25, -0.2) is 0 Å². The molecule has 5 heteroatoms. The topological polar surface area (TPSA) is 73.2 Å². The highest BCUT2D eigenvalue weighted by atomic mass is 16.2. The number of hydrogen-bond acceptors (Lipinski definition) is 3. The maximum absolute atomic E-state index is 12.5. The molecule has 1 fully saturated rings. The van der Waals surface area contributed by atoms with Crippen molar-refractivity contribution in [2.24, 2.45) is 0 Å². The minimum Gasteiger partial charge on any atom is -0.340 e. The molecule has 5 nitrogen and oxygen atoms in total. The average Bonchev–Trinajstić information content (AvgIpc) is 2.96. The molecule has 126 valence electrons. The first-order valence-electron chi connectivity index (χ1n) is 8.22. The van der Waals surface area contributed by atoms with Crippen LogP contribution in [0.25, 0.3) is 0 Å². The van der Waals surface area contributed by atoms with Crippen molar-refractivity contribution in [3.05, 3.63) is 70.8 Å². The Hall–Kier alpha value is -3.13. The van der Waals surface area contributed by atoms with Crippen LogP contribution in [-0.4, -0.2) is 29.3 Å². The maximum Gasteiger partial charge on any atom is 0.251 e. The number of carbonyl (C=O) groups excluding carboxylic acids is 2. The second kappa shape index (κ2) is 7.18. The van der Waals surface area contributed by atoms with E-state index in [-0.39, 0.29) is 11.8 Å². The number of carbonyl (C=O) groups is 2. The summed E-state index contributed by atoms with van der Waals surface area (Å²) in [5.41, 5.74) is 3.13. The molecule has 0 aliphatic carbocycles. The van der Waals surface area contributed by atoms with Crippen molar-refractivity contribution in [2.75, 3.05) is 6.54 Å². The summed E-state index contributed by atoms with van der Waals surface area (Å²) in [5.74, 6) is -0.311. The molecule has 2 amide bonds. The van der Waals surface area contributed by atoms with E-state index in [1.807, 2.05) is 31.2 Å². The van der Waals surface area contributed by atoms with Crippen LogP contribution in [0, 0.1) is 18.3 Å². The van der Waals surface area contributed by atoms with Gasteiger partial charge in [0.15, 0.2) is 0 Å². The van der Waals surface area contributed by atoms with Gasteiger partial charge in [-0.15, -0.1) is 0 Å². The second-order valence-corrected chi connectivity index (χ2v) is 6.25. The average molecular weight is 333 g/mol. The van der Waals surface area contributed by atoms with E-state index in [1.54, 1.807) is 29.2 Å². The number of rotatable bonds is 4. The molecular formula is C20H19N3O2. The Kier molecular flexibility index (Phi) is 4.80. The third kappa shape index (κ3) is 3.86. The predicted octanol–water partition coefficient (Wildman–Crippen LogP) is 2.40. The number of hydrogen-bond donors (Lipinski definition) is 1. The van der Waals surface area contributed by atoms with Crippen LogP contribution in [0.3, 0.4) is 0 Å². The molecule has 1 heterocycles. The first kappa shape index (κ1) is 16.7. The summed E-state index contributed by atoms with van der Waals surface area (Å²) in [6.07, 6.45) is 0.592. The van der Waals surface area contributed by atoms with E-state index < -0.39 is 6.04 Å². The number of nitrogens with one attached hydrogen (secondary N) is 1. The number of benzene rings is 2. The fourth-order valence-corrected chi connectivity index (χ4v) is 2.94. The van der Waals surface area contributed by atoms with Gasteiger partial charge in [0, 0.05) is 18.7 Å². The SMILES string of the molecule is Cc1ccc(C(=O)N[C@H]2CCN(Cc3cccc(C#N)c3)C2=O)cc1. The zero-order chi connectivity index (χ0) is 17.8. The highest BCUT2D eigenvalue weighted by Crippen LogP contribution is 2.16. The summed E-state index contributed by atoms with van der Waals surface area (Å²) in [6, 6.07) is 16.1. The molecule has 1 N–H and O–H groups in total. The molecule has 0 saturated carbocycles. The molecule has 0 unspecified atom stereocenters. The largest absolute Gasteiger partial charge is 0.340 e. The quantitative estimate of drug-likeness (QED) is 0.934. The van der Waals surface area contributed by atoms with Gasteiger partial charge >= 0.3 is 0 Å². The minimum absolute atomic E-state index is 0.0807. The Labute approximate surface area is 146 Å². The molecule has 2 aromatic rings. The van der Waals surface area contributed by atoms with Crippen molar-refractivity contribution in [3.63, 3.8) is 0 Å². The number of likely N-dealkylation sites (tertiary alicyclic amines) is 1. The summed E-state index contributed by atoms with van der Waals surface area (Å²) in [7, 11) is 0. The van der Waals surface area contributed by atoms with Crippen LogP contribution in [-0.2, 0) is 11.3 Å². The molecular weight excluding hydrogens is 314 g/mol. The highest BCUT2D eigenvalue weighted by Gasteiger charge is 2.32. The molecule has 0 aromatic heterocycles. The van der Waals surface area contributed by atoms with Crippen LogP contribution < -0.4 is 5.32 Å². The number of amides is 2. The lowest BCUT2D eigenvalue weighted by Gasteiger charge is -2.17. The third-order valence-electron chi connectivity index (χ3n) is 4.35. The number of nitrogens with zero attached hydrogens (tertiary/aromatic N) is 2. The van der Waals surface area contributed by atoms with E-state index in [2.05, 4.69) is 11.4 Å². The van der Waals surface area contributed by atoms with Crippen molar-refractivity contribution in [2.45, 2.75) is 25.9 Å². The summed E-state index contributed by atoms with van der Waals surface area (Å²) >= 11 is 0. The van der Waals surface area contributed by atoms with Crippen molar-refractivity contribution in [1.29, 1.82) is 5.26 Å². The molecule has 1 saturated heterocycles. The van der Waals surface area contributed by atoms with Crippen LogP contribution in [0.1, 0.15) is 33.5 Å². The van der Waals surface area contributed by atoms with Gasteiger partial charge in [-0.1, -0.05) is 29.8 Å². The normalized spacial score (nSPS) is 16.6. The van der Waals surface area contributed by atoms with Crippen LogP contribution in [0.4, 0.5) is 0 Å². The Morgan fingerprint density at radius 3 is 2.76 bits per heavy atom. The van der Waals surface area contributed by atoms with Crippen LogP contribution in [0.15, 0.2) is 48.5 Å². The summed E-state index contributed by atoms with van der Waals surface area (Å²) < 4.78 is 0. The molecule has 0 bridgehead atoms. The zero-order valence-corrected chi connectivity index (χ0v) is 14.0. The lowest BCUT2D eigenvalue weighted by molar-refractivity contribution is -0.129. The lowest BCUT2D eigenvalue weighted by atomic mass is 10.1. The molecule has 1 aliphatic heterocycles. The molecule has 25 heavy (non-hydrogen) atoms. The van der Waals surface area contributed by atoms with E-state index in [9.17, 15) is 9.59 Å². The van der Waals surface area contributed by atoms with Crippen molar-refractivity contribution in [3.8, 4) is 6.07 Å². The standard InChI is InChI=1S/C20H19N3O2/c1-14-5-7-17(8-6-14)19(24)22-18-9-10-23(20(18)25)13-16-4-2-3-15(11-16)12-21/h2-8,11,18H,9-10,13H2,1H3,(H,22,24)/t18-/m0/s1. The monoisotopic (exact) mass is 333 g/mol. The fraction of sp³-hybridized carbons (Fsp3) is 0.250. The van der Waals surface area contributed by atoms with Gasteiger partial charge in [0.25, 0.3) is 5.91 Å². The first-order chi connectivity index (χ1) is 12.1. The molecule has 0 spiro atoms. The second-order valence-electron chi connectivity index (χ2n) is 6.25. The molecule has 1 aliphatic rings. The van der Waals surface area contributed by atoms with Crippen molar-refractivity contribution in [1.82, 2.24) is 10.2 Å². The number of aryl methyl sites for hydroxylation is 1. The van der Waals surface area contributed by atoms with Gasteiger partial charge in [0.05, 0.1) is 11.6 Å². The minimum atomic E-state index is -0.493. The zero-order valence-electron chi connectivity index (χ0n) is 14.0. The molecule has 3 rings (SSSR count). The lowest BCUT2D eigenvalue weighted by Crippen LogP contribution is -2.41. The Morgan fingerprint density at radius 1 is 1.28 bits per heavy atom. The predicted molar refractivity (Wildman–Crippen MR) is 93.6 cm³/mol. The first-order valence-corrected chi connectivity index (χ1v) is 8.22. The highest BCUT2D eigenvalue weighted by molar-refractivity contribution is 5.98. The maximum atomic E-state index is 12.5. The van der Waals surface area contributed by atoms with Gasteiger partial charge in [0.1, 0.15) is 6.04 Å². The Bertz CT molecular complexity index is 837. The van der Waals surface area contributed by atoms with Gasteiger partial charge in [-0.3, -0.25) is 9.59 Å². The Morgan fingerprint density at radius 2 is 2.04 bits per heavy atom. The van der Waals surface area contributed by atoms with Gasteiger partial charge in [-0.05, 0) is 43.2 Å². The Balaban J connectivity index is 1.62. The van der Waals surface area contributed by atoms with E-state index in [0.717, 1.165) is 11.1 Å². The summed E-state index contributed by atoms with van der Waals surface area (Å²) in [5, 5.41) is 11.8. The smallest absolute Gasteiger partial charge is 0.251 e. The molecule has 2 aromatic carbocycles. The van der Waals surface area contributed by atoms with Crippen LogP contribution in [0.5, 0.6) is 0 Å². The summed E-state index contributed by atoms with van der Waals surface area (Å²) in [4.78, 5) is 26.5. The number of nitriles is 1. The van der Waals surface area contributed by atoms with E-state index in [4.69, 9.17) is 5.26 Å². The van der Waals surface area contributed by atoms with E-state index >= 15 is 0 Å².